The Morgan fingerprint density at radius 3 is 2.38 bits per heavy atom. The molecule has 0 radical (unpaired) electrons. The van der Waals surface area contributed by atoms with Crippen LogP contribution in [0, 0.1) is 11.8 Å². The van der Waals surface area contributed by atoms with Gasteiger partial charge in [-0.05, 0) is 13.5 Å². The minimum absolute atomic E-state index is 0.254. The minimum Gasteiger partial charge on any atom is -0.313 e. The van der Waals surface area contributed by atoms with Crippen LogP contribution in [0.25, 0.3) is 0 Å². The summed E-state index contributed by atoms with van der Waals surface area (Å²) >= 11 is 0. The summed E-state index contributed by atoms with van der Waals surface area (Å²) in [6.07, 6.45) is -4.67. The Hall–Kier alpha value is -0.690. The van der Waals surface area contributed by atoms with Crippen molar-refractivity contribution in [2.45, 2.75) is 38.9 Å². The van der Waals surface area contributed by atoms with Crippen LogP contribution in [0.2, 0.25) is 0 Å². The molecule has 1 unspecified atom stereocenters. The van der Waals surface area contributed by atoms with E-state index in [1.165, 1.54) is 0 Å². The molecule has 0 heterocycles. The molecule has 0 spiro atoms. The molecule has 0 aliphatic rings. The predicted molar refractivity (Wildman–Crippen MR) is 46.2 cm³/mol. The Balaban J connectivity index is 3.98. The maximum absolute atomic E-state index is 12.0. The number of hydrogen-bond donors (Lipinski definition) is 1. The van der Waals surface area contributed by atoms with Crippen molar-refractivity contribution in [2.24, 2.45) is 0 Å². The van der Waals surface area contributed by atoms with Crippen LogP contribution in [-0.2, 0) is 0 Å². The SMILES string of the molecule is CC#CCC(CC(F)(F)F)NCC. The molecule has 0 aliphatic heterocycles. The Morgan fingerprint density at radius 2 is 2.00 bits per heavy atom. The quantitative estimate of drug-likeness (QED) is 0.676. The fourth-order valence-electron chi connectivity index (χ4n) is 1.01. The number of alkyl halides is 3. The highest BCUT2D eigenvalue weighted by Crippen LogP contribution is 2.22. The Kier molecular flexibility index (Phi) is 5.56. The van der Waals surface area contributed by atoms with Gasteiger partial charge in [0, 0.05) is 12.5 Å². The molecule has 1 N–H and O–H groups in total. The Labute approximate surface area is 76.7 Å². The van der Waals surface area contributed by atoms with Gasteiger partial charge in [-0.1, -0.05) is 6.92 Å². The lowest BCUT2D eigenvalue weighted by atomic mass is 10.1. The topological polar surface area (TPSA) is 12.0 Å². The van der Waals surface area contributed by atoms with E-state index in [1.54, 1.807) is 13.8 Å². The van der Waals surface area contributed by atoms with Crippen molar-refractivity contribution in [3.8, 4) is 11.8 Å². The average molecular weight is 193 g/mol. The third-order valence-electron chi connectivity index (χ3n) is 1.50. The Morgan fingerprint density at radius 1 is 1.38 bits per heavy atom. The lowest BCUT2D eigenvalue weighted by Gasteiger charge is -2.16. The standard InChI is InChI=1S/C9H14F3N/c1-3-5-6-8(13-4-2)7-9(10,11)12/h8,13H,4,6-7H2,1-2H3. The van der Waals surface area contributed by atoms with E-state index in [0.29, 0.717) is 6.54 Å². The van der Waals surface area contributed by atoms with Crippen molar-refractivity contribution in [2.75, 3.05) is 6.54 Å². The summed E-state index contributed by atoms with van der Waals surface area (Å²) in [6.45, 7) is 3.94. The summed E-state index contributed by atoms with van der Waals surface area (Å²) in [5.74, 6) is 5.23. The average Bonchev–Trinajstić information content (AvgIpc) is 1.98. The zero-order chi connectivity index (χ0) is 10.3. The van der Waals surface area contributed by atoms with Gasteiger partial charge in [0.15, 0.2) is 0 Å². The number of halogens is 3. The molecule has 76 valence electrons. The van der Waals surface area contributed by atoms with Crippen LogP contribution in [-0.4, -0.2) is 18.8 Å². The van der Waals surface area contributed by atoms with Crippen molar-refractivity contribution in [1.82, 2.24) is 5.32 Å². The summed E-state index contributed by atoms with van der Waals surface area (Å²) in [7, 11) is 0. The van der Waals surface area contributed by atoms with Gasteiger partial charge in [-0.15, -0.1) is 11.8 Å². The fourth-order valence-corrected chi connectivity index (χ4v) is 1.01. The summed E-state index contributed by atoms with van der Waals surface area (Å²) in [5, 5.41) is 2.75. The van der Waals surface area contributed by atoms with Gasteiger partial charge in [-0.3, -0.25) is 0 Å². The smallest absolute Gasteiger partial charge is 0.313 e. The third-order valence-corrected chi connectivity index (χ3v) is 1.50. The maximum Gasteiger partial charge on any atom is 0.390 e. The van der Waals surface area contributed by atoms with Crippen molar-refractivity contribution < 1.29 is 13.2 Å². The number of hydrogen-bond acceptors (Lipinski definition) is 1. The first kappa shape index (κ1) is 12.3. The number of nitrogens with one attached hydrogen (secondary N) is 1. The molecule has 0 fully saturated rings. The van der Waals surface area contributed by atoms with Gasteiger partial charge in [0.05, 0.1) is 6.42 Å². The lowest BCUT2D eigenvalue weighted by Crippen LogP contribution is -2.33. The molecule has 13 heavy (non-hydrogen) atoms. The van der Waals surface area contributed by atoms with Crippen molar-refractivity contribution in [1.29, 1.82) is 0 Å². The molecule has 0 aliphatic carbocycles. The molecule has 4 heteroatoms. The molecular weight excluding hydrogens is 179 g/mol. The van der Waals surface area contributed by atoms with Crippen LogP contribution in [0.5, 0.6) is 0 Å². The normalized spacial score (nSPS) is 13.3. The maximum atomic E-state index is 12.0. The molecular formula is C9H14F3N. The Bertz CT molecular complexity index is 187. The second-order valence-electron chi connectivity index (χ2n) is 2.70. The highest BCUT2D eigenvalue weighted by atomic mass is 19.4. The summed E-state index contributed by atoms with van der Waals surface area (Å²) in [6, 6.07) is -0.572. The van der Waals surface area contributed by atoms with E-state index in [-0.39, 0.29) is 6.42 Å². The summed E-state index contributed by atoms with van der Waals surface area (Å²) < 4.78 is 35.9. The first-order valence-electron chi connectivity index (χ1n) is 4.19. The van der Waals surface area contributed by atoms with Gasteiger partial charge in [-0.2, -0.15) is 13.2 Å². The highest BCUT2D eigenvalue weighted by molar-refractivity contribution is 4.98. The van der Waals surface area contributed by atoms with E-state index in [2.05, 4.69) is 17.2 Å². The van der Waals surface area contributed by atoms with Crippen LogP contribution in [0.1, 0.15) is 26.7 Å². The van der Waals surface area contributed by atoms with E-state index in [9.17, 15) is 13.2 Å². The molecule has 0 bridgehead atoms. The van der Waals surface area contributed by atoms with Crippen molar-refractivity contribution in [3.63, 3.8) is 0 Å². The van der Waals surface area contributed by atoms with E-state index in [4.69, 9.17) is 0 Å². The largest absolute Gasteiger partial charge is 0.390 e. The van der Waals surface area contributed by atoms with Gasteiger partial charge in [0.2, 0.25) is 0 Å². The zero-order valence-electron chi connectivity index (χ0n) is 7.83. The van der Waals surface area contributed by atoms with E-state index in [0.717, 1.165) is 0 Å². The van der Waals surface area contributed by atoms with Gasteiger partial charge in [0.25, 0.3) is 0 Å². The molecule has 0 aromatic heterocycles. The molecule has 1 nitrogen and oxygen atoms in total. The second-order valence-corrected chi connectivity index (χ2v) is 2.70. The molecule has 0 saturated carbocycles. The van der Waals surface area contributed by atoms with Crippen LogP contribution in [0.4, 0.5) is 13.2 Å². The molecule has 0 aromatic rings. The fraction of sp³-hybridized carbons (Fsp3) is 0.778. The van der Waals surface area contributed by atoms with E-state index >= 15 is 0 Å². The predicted octanol–water partition coefficient (Wildman–Crippen LogP) is 2.33. The first-order chi connectivity index (χ1) is 5.99. The van der Waals surface area contributed by atoms with Gasteiger partial charge < -0.3 is 5.32 Å². The third kappa shape index (κ3) is 7.66. The molecule has 0 saturated heterocycles. The van der Waals surface area contributed by atoms with E-state index < -0.39 is 18.6 Å². The monoisotopic (exact) mass is 193 g/mol. The highest BCUT2D eigenvalue weighted by Gasteiger charge is 2.30. The van der Waals surface area contributed by atoms with E-state index in [1.807, 2.05) is 0 Å². The zero-order valence-corrected chi connectivity index (χ0v) is 7.83. The van der Waals surface area contributed by atoms with Crippen LogP contribution < -0.4 is 5.32 Å². The van der Waals surface area contributed by atoms with Gasteiger partial charge in [0.1, 0.15) is 0 Å². The molecule has 0 rings (SSSR count). The minimum atomic E-state index is -4.11. The lowest BCUT2D eigenvalue weighted by molar-refractivity contribution is -0.139. The first-order valence-corrected chi connectivity index (χ1v) is 4.19. The van der Waals surface area contributed by atoms with Crippen LogP contribution >= 0.6 is 0 Å². The summed E-state index contributed by atoms with van der Waals surface area (Å²) in [5.41, 5.74) is 0. The number of rotatable bonds is 4. The van der Waals surface area contributed by atoms with Crippen molar-refractivity contribution >= 4 is 0 Å². The van der Waals surface area contributed by atoms with Crippen molar-refractivity contribution in [3.05, 3.63) is 0 Å². The molecule has 0 amide bonds. The molecule has 1 atom stereocenters. The molecule has 0 aromatic carbocycles. The van der Waals surface area contributed by atoms with Gasteiger partial charge in [-0.25, -0.2) is 0 Å². The van der Waals surface area contributed by atoms with Crippen LogP contribution in [0.15, 0.2) is 0 Å². The van der Waals surface area contributed by atoms with Crippen LogP contribution in [0.3, 0.4) is 0 Å². The summed E-state index contributed by atoms with van der Waals surface area (Å²) in [4.78, 5) is 0. The second kappa shape index (κ2) is 5.87. The van der Waals surface area contributed by atoms with Gasteiger partial charge >= 0.3 is 6.18 Å².